The van der Waals surface area contributed by atoms with Crippen molar-refractivity contribution in [3.63, 3.8) is 0 Å². The first-order valence-electron chi connectivity index (χ1n) is 8.00. The van der Waals surface area contributed by atoms with E-state index in [2.05, 4.69) is 26.6 Å². The predicted octanol–water partition coefficient (Wildman–Crippen LogP) is 3.68. The maximum atomic E-state index is 12.1. The van der Waals surface area contributed by atoms with Gasteiger partial charge < -0.3 is 10.1 Å². The van der Waals surface area contributed by atoms with Crippen molar-refractivity contribution >= 4 is 27.9 Å². The fraction of sp³-hybridized carbons (Fsp3) is 0.529. The van der Waals surface area contributed by atoms with Gasteiger partial charge in [0.2, 0.25) is 0 Å². The van der Waals surface area contributed by atoms with Crippen LogP contribution in [0.15, 0.2) is 22.7 Å². The zero-order valence-electron chi connectivity index (χ0n) is 13.5. The zero-order chi connectivity index (χ0) is 16.8. The van der Waals surface area contributed by atoms with Crippen LogP contribution in [0.4, 0.5) is 4.79 Å². The molecule has 1 aromatic carbocycles. The van der Waals surface area contributed by atoms with Crippen LogP contribution in [0.25, 0.3) is 0 Å². The van der Waals surface area contributed by atoms with E-state index in [9.17, 15) is 9.59 Å². The molecule has 2 N–H and O–H groups in total. The first-order valence-corrected chi connectivity index (χ1v) is 8.79. The van der Waals surface area contributed by atoms with Gasteiger partial charge in [0.15, 0.2) is 6.10 Å². The lowest BCUT2D eigenvalue weighted by Gasteiger charge is -2.23. The molecule has 1 aromatic rings. The Labute approximate surface area is 145 Å². The van der Waals surface area contributed by atoms with Crippen LogP contribution in [-0.2, 0) is 4.79 Å². The number of hydrogen-bond donors (Lipinski definition) is 2. The van der Waals surface area contributed by atoms with Gasteiger partial charge in [0, 0.05) is 6.04 Å². The highest BCUT2D eigenvalue weighted by Gasteiger charge is 2.21. The minimum Gasteiger partial charge on any atom is -0.480 e. The van der Waals surface area contributed by atoms with E-state index >= 15 is 0 Å². The van der Waals surface area contributed by atoms with Crippen LogP contribution in [0.3, 0.4) is 0 Å². The number of hydrogen-bond acceptors (Lipinski definition) is 3. The number of aryl methyl sites for hydroxylation is 1. The van der Waals surface area contributed by atoms with Crippen LogP contribution in [0.1, 0.15) is 44.6 Å². The van der Waals surface area contributed by atoms with Gasteiger partial charge in [0.25, 0.3) is 5.91 Å². The molecule has 0 spiro atoms. The van der Waals surface area contributed by atoms with Crippen LogP contribution >= 0.6 is 15.9 Å². The average molecular weight is 383 g/mol. The Balaban J connectivity index is 1.83. The fourth-order valence-electron chi connectivity index (χ4n) is 2.63. The largest absolute Gasteiger partial charge is 0.480 e. The number of urea groups is 1. The summed E-state index contributed by atoms with van der Waals surface area (Å²) >= 11 is 3.41. The number of nitrogens with one attached hydrogen (secondary N) is 2. The number of ether oxygens (including phenoxy) is 1. The van der Waals surface area contributed by atoms with E-state index in [1.54, 1.807) is 13.0 Å². The van der Waals surface area contributed by atoms with Gasteiger partial charge in [-0.05, 0) is 60.3 Å². The van der Waals surface area contributed by atoms with Gasteiger partial charge >= 0.3 is 6.03 Å². The van der Waals surface area contributed by atoms with E-state index in [0.29, 0.717) is 5.75 Å². The minimum atomic E-state index is -0.758. The van der Waals surface area contributed by atoms with Gasteiger partial charge in [-0.15, -0.1) is 0 Å². The second kappa shape index (κ2) is 8.34. The second-order valence-electron chi connectivity index (χ2n) is 5.99. The molecule has 0 heterocycles. The minimum absolute atomic E-state index is 0.166. The number of amides is 3. The summed E-state index contributed by atoms with van der Waals surface area (Å²) in [5.74, 6) is 0.122. The van der Waals surface area contributed by atoms with Crippen molar-refractivity contribution < 1.29 is 14.3 Å². The lowest BCUT2D eigenvalue weighted by Crippen LogP contribution is -2.48. The number of benzene rings is 1. The molecule has 0 saturated heterocycles. The van der Waals surface area contributed by atoms with Crippen LogP contribution < -0.4 is 15.4 Å². The molecule has 6 heteroatoms. The summed E-state index contributed by atoms with van der Waals surface area (Å²) in [6.07, 6.45) is 4.66. The van der Waals surface area contributed by atoms with Crippen LogP contribution in [0.2, 0.25) is 0 Å². The van der Waals surface area contributed by atoms with Gasteiger partial charge in [-0.2, -0.15) is 0 Å². The van der Waals surface area contributed by atoms with Crippen molar-refractivity contribution in [2.45, 2.75) is 58.1 Å². The Hall–Kier alpha value is -1.56. The first-order chi connectivity index (χ1) is 11.0. The molecule has 23 heavy (non-hydrogen) atoms. The molecule has 1 aliphatic rings. The lowest BCUT2D eigenvalue weighted by molar-refractivity contribution is -0.126. The molecule has 0 aromatic heterocycles. The van der Waals surface area contributed by atoms with Gasteiger partial charge in [-0.3, -0.25) is 10.1 Å². The summed E-state index contributed by atoms with van der Waals surface area (Å²) < 4.78 is 6.40. The van der Waals surface area contributed by atoms with Crippen molar-refractivity contribution in [2.24, 2.45) is 0 Å². The van der Waals surface area contributed by atoms with E-state index in [1.165, 1.54) is 6.42 Å². The molecule has 0 aliphatic heterocycles. The van der Waals surface area contributed by atoms with E-state index in [1.807, 2.05) is 19.1 Å². The topological polar surface area (TPSA) is 67.4 Å². The highest BCUT2D eigenvalue weighted by atomic mass is 79.9. The quantitative estimate of drug-likeness (QED) is 0.834. The highest BCUT2D eigenvalue weighted by Crippen LogP contribution is 2.26. The number of carbonyl (C=O) groups is 2. The molecular weight excluding hydrogens is 360 g/mol. The lowest BCUT2D eigenvalue weighted by atomic mass is 9.96. The van der Waals surface area contributed by atoms with Crippen molar-refractivity contribution in [3.05, 3.63) is 28.2 Å². The third-order valence-corrected chi connectivity index (χ3v) is 4.56. The van der Waals surface area contributed by atoms with Crippen molar-refractivity contribution in [1.82, 2.24) is 10.6 Å². The van der Waals surface area contributed by atoms with Crippen molar-refractivity contribution in [1.29, 1.82) is 0 Å². The summed E-state index contributed by atoms with van der Waals surface area (Å²) in [6, 6.07) is 5.33. The Morgan fingerprint density at radius 3 is 2.61 bits per heavy atom. The van der Waals surface area contributed by atoms with Gasteiger partial charge in [0.05, 0.1) is 4.47 Å². The molecule has 1 aliphatic carbocycles. The Morgan fingerprint density at radius 2 is 1.96 bits per heavy atom. The zero-order valence-corrected chi connectivity index (χ0v) is 15.1. The molecular formula is C17H23BrN2O3. The Bertz CT molecular complexity index is 571. The van der Waals surface area contributed by atoms with Crippen LogP contribution in [0.5, 0.6) is 5.75 Å². The first kappa shape index (κ1) is 17.8. The maximum Gasteiger partial charge on any atom is 0.321 e. The van der Waals surface area contributed by atoms with Gasteiger partial charge in [-0.25, -0.2) is 4.79 Å². The number of halogens is 1. The number of rotatable bonds is 4. The van der Waals surface area contributed by atoms with Crippen molar-refractivity contribution in [3.8, 4) is 5.75 Å². The molecule has 3 amide bonds. The molecule has 5 nitrogen and oxygen atoms in total. The molecule has 0 bridgehead atoms. The van der Waals surface area contributed by atoms with Crippen molar-refractivity contribution in [2.75, 3.05) is 0 Å². The molecule has 2 rings (SSSR count). The monoisotopic (exact) mass is 382 g/mol. The van der Waals surface area contributed by atoms with Gasteiger partial charge in [0.1, 0.15) is 5.75 Å². The average Bonchev–Trinajstić information content (AvgIpc) is 2.50. The molecule has 0 unspecified atom stereocenters. The molecule has 1 saturated carbocycles. The summed E-state index contributed by atoms with van der Waals surface area (Å²) in [7, 11) is 0. The van der Waals surface area contributed by atoms with Gasteiger partial charge in [-0.1, -0.05) is 25.3 Å². The van der Waals surface area contributed by atoms with Crippen LogP contribution in [0, 0.1) is 6.92 Å². The summed E-state index contributed by atoms with van der Waals surface area (Å²) in [4.78, 5) is 23.9. The number of imide groups is 1. The summed E-state index contributed by atoms with van der Waals surface area (Å²) in [5.41, 5.74) is 1.09. The SMILES string of the molecule is Cc1ccc(O[C@@H](C)C(=O)NC(=O)NC2CCCCC2)c(Br)c1. The second-order valence-corrected chi connectivity index (χ2v) is 6.85. The molecule has 1 atom stereocenters. The smallest absolute Gasteiger partial charge is 0.321 e. The van der Waals surface area contributed by atoms with E-state index in [4.69, 9.17) is 4.74 Å². The number of carbonyl (C=O) groups excluding carboxylic acids is 2. The molecule has 0 radical (unpaired) electrons. The maximum absolute atomic E-state index is 12.1. The predicted molar refractivity (Wildman–Crippen MR) is 92.5 cm³/mol. The molecule has 1 fully saturated rings. The molecule has 126 valence electrons. The summed E-state index contributed by atoms with van der Waals surface area (Å²) in [6.45, 7) is 3.59. The Kier molecular flexibility index (Phi) is 6.45. The van der Waals surface area contributed by atoms with E-state index < -0.39 is 18.0 Å². The Morgan fingerprint density at radius 1 is 1.26 bits per heavy atom. The summed E-state index contributed by atoms with van der Waals surface area (Å²) in [5, 5.41) is 5.20. The fourth-order valence-corrected chi connectivity index (χ4v) is 3.21. The normalized spacial score (nSPS) is 16.5. The standard InChI is InChI=1S/C17H23BrN2O3/c1-11-8-9-15(14(18)10-11)23-12(2)16(21)20-17(22)19-13-6-4-3-5-7-13/h8-10,12-13H,3-7H2,1-2H3,(H2,19,20,21,22)/t12-/m0/s1. The van der Waals surface area contributed by atoms with E-state index in [0.717, 1.165) is 35.7 Å². The van der Waals surface area contributed by atoms with Crippen LogP contribution in [-0.4, -0.2) is 24.1 Å². The third-order valence-electron chi connectivity index (χ3n) is 3.94. The highest BCUT2D eigenvalue weighted by molar-refractivity contribution is 9.10. The third kappa shape index (κ3) is 5.53. The van der Waals surface area contributed by atoms with E-state index in [-0.39, 0.29) is 6.04 Å².